The number of aromatic nitrogens is 5. The van der Waals surface area contributed by atoms with E-state index in [4.69, 9.17) is 30.1 Å². The van der Waals surface area contributed by atoms with Crippen molar-refractivity contribution < 1.29 is 42.9 Å². The predicted molar refractivity (Wildman–Crippen MR) is 235 cm³/mol. The van der Waals surface area contributed by atoms with Crippen molar-refractivity contribution in [2.24, 2.45) is 0 Å². The lowest BCUT2D eigenvalue weighted by molar-refractivity contribution is -0.136. The Kier molecular flexibility index (Phi) is 15.0. The topological polar surface area (TPSA) is 271 Å². The first-order chi connectivity index (χ1) is 31.5. The maximum absolute atomic E-state index is 13.5. The SMILES string of the molecule is C=CC(=C)Oc1ccc(C(=N)c2c(N)ncnc2NC2CCCN(C(=O)c3cn(CCOCCOCCOCCNc4cccc5c4C(=O)N(C4CCC(=O)NC4=O)C5=O)nn3)C2)cc1. The summed E-state index contributed by atoms with van der Waals surface area (Å²) >= 11 is 0. The number of nitrogens with zero attached hydrogens (tertiary/aromatic N) is 7. The molecule has 21 nitrogen and oxygen atoms in total. The van der Waals surface area contributed by atoms with Crippen molar-refractivity contribution in [2.45, 2.75) is 44.3 Å². The molecular weight excluding hydrogens is 841 g/mol. The van der Waals surface area contributed by atoms with E-state index in [0.29, 0.717) is 100.0 Å². The summed E-state index contributed by atoms with van der Waals surface area (Å²) in [5.41, 5.74) is 8.38. The van der Waals surface area contributed by atoms with Gasteiger partial charge in [0.05, 0.1) is 74.8 Å². The van der Waals surface area contributed by atoms with Crippen molar-refractivity contribution in [3.05, 3.63) is 108 Å². The second-order valence-corrected chi connectivity index (χ2v) is 15.2. The molecule has 65 heavy (non-hydrogen) atoms. The van der Waals surface area contributed by atoms with Crippen molar-refractivity contribution in [3.8, 4) is 5.75 Å². The minimum Gasteiger partial charge on any atom is -0.458 e. The summed E-state index contributed by atoms with van der Waals surface area (Å²) in [5, 5.41) is 25.9. The molecular formula is C44H50N12O9. The number of fused-ring (bicyclic) bond motifs is 1. The Morgan fingerprint density at radius 1 is 0.969 bits per heavy atom. The second kappa shape index (κ2) is 21.3. The fraction of sp³-hybridized carbons (Fsp3) is 0.364. The van der Waals surface area contributed by atoms with E-state index < -0.39 is 29.7 Å². The zero-order chi connectivity index (χ0) is 45.9. The first kappa shape index (κ1) is 45.7. The number of carbonyl (C=O) groups is 5. The molecule has 4 aromatic rings. The van der Waals surface area contributed by atoms with Crippen molar-refractivity contribution >= 4 is 52.6 Å². The van der Waals surface area contributed by atoms with Crippen LogP contribution < -0.4 is 26.4 Å². The lowest BCUT2D eigenvalue weighted by Gasteiger charge is -2.33. The normalized spacial score (nSPS) is 17.1. The lowest BCUT2D eigenvalue weighted by atomic mass is 10.0. The van der Waals surface area contributed by atoms with Crippen LogP contribution in [0.4, 0.5) is 17.3 Å². The van der Waals surface area contributed by atoms with Crippen LogP contribution in [0.5, 0.6) is 5.75 Å². The lowest BCUT2D eigenvalue weighted by Crippen LogP contribution is -2.54. The Bertz CT molecular complexity index is 2460. The van der Waals surface area contributed by atoms with Gasteiger partial charge in [-0.1, -0.05) is 24.4 Å². The van der Waals surface area contributed by atoms with Gasteiger partial charge >= 0.3 is 0 Å². The van der Waals surface area contributed by atoms with Crippen LogP contribution in [-0.4, -0.2) is 141 Å². The third-order valence-corrected chi connectivity index (χ3v) is 10.8. The number of amides is 5. The fourth-order valence-corrected chi connectivity index (χ4v) is 7.54. The number of hydrogen-bond acceptors (Lipinski definition) is 17. The second-order valence-electron chi connectivity index (χ2n) is 15.2. The number of carbonyl (C=O) groups excluding carboxylic acids is 5. The number of likely N-dealkylation sites (tertiary alicyclic amines) is 1. The predicted octanol–water partition coefficient (Wildman–Crippen LogP) is 2.42. The van der Waals surface area contributed by atoms with Gasteiger partial charge in [0, 0.05) is 43.3 Å². The van der Waals surface area contributed by atoms with Gasteiger partial charge in [0.1, 0.15) is 35.5 Å². The van der Waals surface area contributed by atoms with Gasteiger partial charge in [-0.25, -0.2) is 14.6 Å². The summed E-state index contributed by atoms with van der Waals surface area (Å²) in [4.78, 5) is 74.9. The largest absolute Gasteiger partial charge is 0.458 e. The molecule has 2 fully saturated rings. The Labute approximate surface area is 373 Å². The summed E-state index contributed by atoms with van der Waals surface area (Å²) in [5.74, 6) is -0.989. The van der Waals surface area contributed by atoms with Gasteiger partial charge < -0.3 is 40.2 Å². The number of piperidine rings is 2. The van der Waals surface area contributed by atoms with Gasteiger partial charge in [-0.05, 0) is 61.7 Å². The molecule has 3 aliphatic rings. The summed E-state index contributed by atoms with van der Waals surface area (Å²) in [6.45, 7) is 11.0. The number of allylic oxidation sites excluding steroid dienone is 1. The summed E-state index contributed by atoms with van der Waals surface area (Å²) in [7, 11) is 0. The molecule has 7 rings (SSSR count). The number of imide groups is 2. The molecule has 21 heteroatoms. The molecule has 0 radical (unpaired) electrons. The first-order valence-electron chi connectivity index (χ1n) is 21.1. The molecule has 0 spiro atoms. The highest BCUT2D eigenvalue weighted by Gasteiger charge is 2.45. The molecule has 2 aromatic heterocycles. The van der Waals surface area contributed by atoms with E-state index in [0.717, 1.165) is 17.7 Å². The van der Waals surface area contributed by atoms with Crippen LogP contribution in [0.2, 0.25) is 0 Å². The highest BCUT2D eigenvalue weighted by atomic mass is 16.5. The van der Waals surface area contributed by atoms with Gasteiger partial charge in [0.2, 0.25) is 11.8 Å². The van der Waals surface area contributed by atoms with E-state index >= 15 is 0 Å². The number of rotatable bonds is 22. The standard InChI is InChI=1S/C44H50N12O9/c1-3-27(2)65-30-11-9-28(10-12-30)38(45)37-39(46)48-26-49-40(37)50-29-6-5-16-54(24-29)43(60)33-25-55(53-52-33)17-19-63-21-23-64-22-20-62-18-15-47-32-8-4-7-31-36(32)44(61)56(42(31)59)34-13-14-35(57)51-41(34)58/h3-4,7-12,25-26,29,34,45,47H,1-2,5-6,13-24H2,(H,51,57,58)(H3,46,48,49,50). The number of nitrogens with one attached hydrogen (secondary N) is 4. The maximum Gasteiger partial charge on any atom is 0.276 e. The van der Waals surface area contributed by atoms with Gasteiger partial charge in [-0.15, -0.1) is 5.10 Å². The zero-order valence-electron chi connectivity index (χ0n) is 35.6. The van der Waals surface area contributed by atoms with Gasteiger partial charge in [0.15, 0.2) is 5.69 Å². The molecule has 0 aliphatic carbocycles. The Balaban J connectivity index is 0.772. The van der Waals surface area contributed by atoms with Crippen LogP contribution in [-0.2, 0) is 30.3 Å². The summed E-state index contributed by atoms with van der Waals surface area (Å²) in [6.07, 6.45) is 6.07. The van der Waals surface area contributed by atoms with Crippen LogP contribution in [0.25, 0.3) is 0 Å². The Morgan fingerprint density at radius 2 is 1.72 bits per heavy atom. The summed E-state index contributed by atoms with van der Waals surface area (Å²) in [6, 6.07) is 10.6. The minimum atomic E-state index is -1.03. The van der Waals surface area contributed by atoms with E-state index in [9.17, 15) is 24.0 Å². The van der Waals surface area contributed by atoms with Crippen LogP contribution in [0.15, 0.2) is 80.0 Å². The van der Waals surface area contributed by atoms with Crippen LogP contribution >= 0.6 is 0 Å². The molecule has 340 valence electrons. The van der Waals surface area contributed by atoms with Crippen LogP contribution in [0.3, 0.4) is 0 Å². The fourth-order valence-electron chi connectivity index (χ4n) is 7.54. The Morgan fingerprint density at radius 3 is 2.48 bits per heavy atom. The number of ether oxygens (including phenoxy) is 4. The molecule has 5 amide bonds. The third kappa shape index (κ3) is 11.1. The molecule has 0 saturated carbocycles. The quantitative estimate of drug-likeness (QED) is 0.0249. The molecule has 2 atom stereocenters. The molecule has 6 N–H and O–H groups in total. The molecule has 0 bridgehead atoms. The van der Waals surface area contributed by atoms with E-state index in [2.05, 4.69) is 49.4 Å². The van der Waals surface area contributed by atoms with Crippen molar-refractivity contribution in [2.75, 3.05) is 75.6 Å². The van der Waals surface area contributed by atoms with Gasteiger partial charge in [-0.2, -0.15) is 0 Å². The molecule has 2 aromatic carbocycles. The smallest absolute Gasteiger partial charge is 0.276 e. The first-order valence-corrected chi connectivity index (χ1v) is 21.1. The highest BCUT2D eigenvalue weighted by molar-refractivity contribution is 6.25. The summed E-state index contributed by atoms with van der Waals surface area (Å²) < 4.78 is 24.0. The van der Waals surface area contributed by atoms with E-state index in [1.165, 1.54) is 18.5 Å². The Hall–Kier alpha value is -7.36. The number of nitrogens with two attached hydrogens (primary N) is 1. The number of nitrogen functional groups attached to an aromatic ring is 1. The van der Waals surface area contributed by atoms with Crippen LogP contribution in [0.1, 0.15) is 68.0 Å². The van der Waals surface area contributed by atoms with E-state index in [1.807, 2.05) is 0 Å². The molecule has 2 unspecified atom stereocenters. The van der Waals surface area contributed by atoms with Crippen molar-refractivity contribution in [1.29, 1.82) is 5.41 Å². The van der Waals surface area contributed by atoms with Gasteiger partial charge in [-0.3, -0.25) is 39.6 Å². The van der Waals surface area contributed by atoms with Crippen molar-refractivity contribution in [1.82, 2.24) is 40.1 Å². The third-order valence-electron chi connectivity index (χ3n) is 10.8. The van der Waals surface area contributed by atoms with Crippen molar-refractivity contribution in [3.63, 3.8) is 0 Å². The average molecular weight is 891 g/mol. The number of hydrogen-bond donors (Lipinski definition) is 5. The molecule has 3 aliphatic heterocycles. The number of anilines is 3. The van der Waals surface area contributed by atoms with E-state index in [1.54, 1.807) is 52.2 Å². The number of benzene rings is 2. The zero-order valence-corrected chi connectivity index (χ0v) is 35.6. The van der Waals surface area contributed by atoms with Crippen LogP contribution in [0, 0.1) is 5.41 Å². The maximum atomic E-state index is 13.5. The minimum absolute atomic E-state index is 0.0478. The molecule has 2 saturated heterocycles. The highest BCUT2D eigenvalue weighted by Crippen LogP contribution is 2.32. The van der Waals surface area contributed by atoms with E-state index in [-0.39, 0.29) is 53.1 Å². The monoisotopic (exact) mass is 890 g/mol. The molecule has 5 heterocycles. The average Bonchev–Trinajstić information content (AvgIpc) is 3.88. The van der Waals surface area contributed by atoms with Gasteiger partial charge in [0.25, 0.3) is 17.7 Å².